The summed E-state index contributed by atoms with van der Waals surface area (Å²) >= 11 is 0. The summed E-state index contributed by atoms with van der Waals surface area (Å²) in [6.07, 6.45) is 3.81. The van der Waals surface area contributed by atoms with Crippen LogP contribution < -0.4 is 0 Å². The molecule has 3 aliphatic rings. The van der Waals surface area contributed by atoms with E-state index in [1.165, 1.54) is 34.5 Å². The van der Waals surface area contributed by atoms with Crippen LogP contribution in [-0.4, -0.2) is 60.3 Å². The van der Waals surface area contributed by atoms with Crippen molar-refractivity contribution < 1.29 is 30.8 Å². The van der Waals surface area contributed by atoms with E-state index in [4.69, 9.17) is 0 Å². The van der Waals surface area contributed by atoms with E-state index in [1.807, 2.05) is 6.08 Å². The largest absolute Gasteiger partial charge is 0.416 e. The fourth-order valence-corrected chi connectivity index (χ4v) is 8.74. The maximum atomic E-state index is 14.6. The molecule has 15 heteroatoms. The molecule has 10 nitrogen and oxygen atoms in total. The van der Waals surface area contributed by atoms with Crippen molar-refractivity contribution in [2.75, 3.05) is 0 Å². The number of hydrogen-bond donors (Lipinski definition) is 0. The third-order valence-corrected chi connectivity index (χ3v) is 11.2. The summed E-state index contributed by atoms with van der Waals surface area (Å²) in [5.74, 6) is -1.02. The van der Waals surface area contributed by atoms with Crippen LogP contribution >= 0.6 is 0 Å². The summed E-state index contributed by atoms with van der Waals surface area (Å²) in [6, 6.07) is 6.40. The van der Waals surface area contributed by atoms with Crippen LogP contribution in [0.25, 0.3) is 11.8 Å². The zero-order valence-electron chi connectivity index (χ0n) is 24.7. The number of halogens is 4. The third kappa shape index (κ3) is 5.05. The smallest absolute Gasteiger partial charge is 0.291 e. The van der Waals surface area contributed by atoms with E-state index in [0.717, 1.165) is 24.8 Å². The Morgan fingerprint density at radius 3 is 2.46 bits per heavy atom. The Morgan fingerprint density at radius 2 is 1.80 bits per heavy atom. The fourth-order valence-electron chi connectivity index (χ4n) is 6.95. The van der Waals surface area contributed by atoms with Gasteiger partial charge in [0.2, 0.25) is 5.03 Å². The van der Waals surface area contributed by atoms with Gasteiger partial charge in [-0.1, -0.05) is 12.0 Å². The minimum absolute atomic E-state index is 0.0345. The first-order valence-electron chi connectivity index (χ1n) is 14.9. The number of nitrogens with zero attached hydrogens (tertiary/aromatic N) is 7. The van der Waals surface area contributed by atoms with Gasteiger partial charge in [0.05, 0.1) is 34.8 Å². The van der Waals surface area contributed by atoms with Crippen molar-refractivity contribution in [1.29, 1.82) is 0 Å². The van der Waals surface area contributed by atoms with Crippen LogP contribution in [0.1, 0.15) is 65.8 Å². The number of carbonyl (C=O) groups is 1. The second-order valence-corrected chi connectivity index (χ2v) is 13.9. The lowest BCUT2D eigenvalue weighted by Crippen LogP contribution is -2.55. The highest BCUT2D eigenvalue weighted by molar-refractivity contribution is 7.89. The molecule has 3 aromatic heterocycles. The number of sulfonamides is 1. The Labute approximate surface area is 261 Å². The standard InChI is InChI=1S/C31H29F4N7O3S/c1-40-37-18-28(39-40)46(44,45)42(24-3-2-4-24)25-8-5-20-14-27-19(17-38-41(27)23-9-6-22(32)7-10-23)15-30(20,16-25)29(43)26-13-21(11-12-36-26)31(33,34)35/h6-7,9-14,17-18,24-25H,2-5,8,15-16H2,1H3/t25-,30-/m0/s1. The predicted molar refractivity (Wildman–Crippen MR) is 157 cm³/mol. The molecule has 0 aliphatic heterocycles. The van der Waals surface area contributed by atoms with Gasteiger partial charge in [-0.25, -0.2) is 17.5 Å². The van der Waals surface area contributed by atoms with Crippen molar-refractivity contribution in [2.45, 2.75) is 68.2 Å². The molecule has 1 aromatic carbocycles. The van der Waals surface area contributed by atoms with Gasteiger partial charge < -0.3 is 0 Å². The van der Waals surface area contributed by atoms with Crippen LogP contribution in [0.3, 0.4) is 0 Å². The second kappa shape index (κ2) is 10.9. The average Bonchev–Trinajstić information content (AvgIpc) is 3.63. The Hall–Kier alpha value is -4.24. The Kier molecular flexibility index (Phi) is 7.23. The number of ketones is 1. The molecule has 46 heavy (non-hydrogen) atoms. The highest BCUT2D eigenvalue weighted by Crippen LogP contribution is 2.52. The number of pyridine rings is 1. The van der Waals surface area contributed by atoms with Crippen molar-refractivity contribution in [2.24, 2.45) is 12.5 Å². The van der Waals surface area contributed by atoms with Crippen LogP contribution in [0.5, 0.6) is 0 Å². The maximum Gasteiger partial charge on any atom is 0.416 e. The summed E-state index contributed by atoms with van der Waals surface area (Å²) in [6.45, 7) is 0. The van der Waals surface area contributed by atoms with Gasteiger partial charge in [0, 0.05) is 25.3 Å². The lowest BCUT2D eigenvalue weighted by Gasteiger charge is -2.49. The minimum Gasteiger partial charge on any atom is -0.291 e. The van der Waals surface area contributed by atoms with Crippen LogP contribution in [-0.2, 0) is 29.7 Å². The SMILES string of the molecule is Cn1ncc(S(=O)(=O)N(C2CCC2)[C@H]2CCC3=Cc4c(cnn4-c4ccc(F)cc4)C[C@]3(C(=O)c3cc(C(F)(F)F)ccn3)C2)n1. The van der Waals surface area contributed by atoms with Crippen LogP contribution in [0.4, 0.5) is 17.6 Å². The number of Topliss-reactive ketones (excluding diaryl/α,β-unsaturated/α-hetero) is 1. The van der Waals surface area contributed by atoms with Crippen molar-refractivity contribution in [3.05, 3.63) is 88.9 Å². The Morgan fingerprint density at radius 1 is 1.04 bits per heavy atom. The van der Waals surface area contributed by atoms with Gasteiger partial charge in [-0.2, -0.15) is 32.5 Å². The van der Waals surface area contributed by atoms with E-state index < -0.39 is 44.8 Å². The van der Waals surface area contributed by atoms with E-state index in [2.05, 4.69) is 20.3 Å². The molecular weight excluding hydrogens is 626 g/mol. The molecule has 0 amide bonds. The van der Waals surface area contributed by atoms with Crippen LogP contribution in [0.2, 0.25) is 0 Å². The number of aryl methyl sites for hydroxylation is 1. The number of benzene rings is 1. The molecule has 3 heterocycles. The van der Waals surface area contributed by atoms with Gasteiger partial charge in [-0.15, -0.1) is 5.10 Å². The van der Waals surface area contributed by atoms with Gasteiger partial charge >= 0.3 is 6.18 Å². The summed E-state index contributed by atoms with van der Waals surface area (Å²) in [7, 11) is -2.60. The van der Waals surface area contributed by atoms with Gasteiger partial charge in [-0.3, -0.25) is 9.78 Å². The van der Waals surface area contributed by atoms with Crippen molar-refractivity contribution in [3.8, 4) is 5.69 Å². The van der Waals surface area contributed by atoms with Crippen molar-refractivity contribution >= 4 is 21.9 Å². The maximum absolute atomic E-state index is 14.6. The molecule has 0 spiro atoms. The van der Waals surface area contributed by atoms with E-state index in [0.29, 0.717) is 48.2 Å². The van der Waals surface area contributed by atoms with E-state index >= 15 is 0 Å². The van der Waals surface area contributed by atoms with E-state index in [-0.39, 0.29) is 29.6 Å². The third-order valence-electron chi connectivity index (χ3n) is 9.38. The summed E-state index contributed by atoms with van der Waals surface area (Å²) in [5, 5.41) is 12.3. The molecule has 3 aliphatic carbocycles. The summed E-state index contributed by atoms with van der Waals surface area (Å²) in [5.41, 5.74) is -0.147. The second-order valence-electron chi connectivity index (χ2n) is 12.1. The molecule has 2 fully saturated rings. The molecular formula is C31H29F4N7O3S. The zero-order valence-corrected chi connectivity index (χ0v) is 25.5. The zero-order chi connectivity index (χ0) is 32.4. The molecule has 0 unspecified atom stereocenters. The monoisotopic (exact) mass is 655 g/mol. The number of fused-ring (bicyclic) bond motifs is 2. The summed E-state index contributed by atoms with van der Waals surface area (Å²) in [4.78, 5) is 19.8. The molecule has 0 bridgehead atoms. The number of carbonyl (C=O) groups excluding carboxylic acids is 1. The quantitative estimate of drug-likeness (QED) is 0.200. The number of rotatable bonds is 7. The highest BCUT2D eigenvalue weighted by Gasteiger charge is 2.53. The normalized spacial score (nSPS) is 21.8. The molecule has 7 rings (SSSR count). The minimum atomic E-state index is -4.69. The van der Waals surface area contributed by atoms with Crippen LogP contribution in [0, 0.1) is 11.2 Å². The fraction of sp³-hybridized carbons (Fsp3) is 0.387. The number of hydrogen-bond acceptors (Lipinski definition) is 7. The number of alkyl halides is 3. The number of aromatic nitrogens is 6. The first-order chi connectivity index (χ1) is 21.9. The lowest BCUT2D eigenvalue weighted by molar-refractivity contribution is -0.137. The Bertz CT molecular complexity index is 1970. The van der Waals surface area contributed by atoms with Crippen LogP contribution in [0.15, 0.2) is 65.6 Å². The first kappa shape index (κ1) is 30.4. The van der Waals surface area contributed by atoms with Crippen molar-refractivity contribution in [1.82, 2.24) is 34.1 Å². The predicted octanol–water partition coefficient (Wildman–Crippen LogP) is 5.16. The molecule has 0 saturated heterocycles. The molecule has 240 valence electrons. The highest BCUT2D eigenvalue weighted by atomic mass is 32.2. The van der Waals surface area contributed by atoms with Gasteiger partial charge in [0.1, 0.15) is 11.5 Å². The van der Waals surface area contributed by atoms with Gasteiger partial charge in [0.25, 0.3) is 10.0 Å². The molecule has 4 aromatic rings. The number of allylic oxidation sites excluding steroid dienone is 1. The molecule has 2 saturated carbocycles. The topological polar surface area (TPSA) is 116 Å². The van der Waals surface area contributed by atoms with E-state index in [1.54, 1.807) is 23.0 Å². The van der Waals surface area contributed by atoms with Gasteiger partial charge in [0.15, 0.2) is 5.78 Å². The Balaban J connectivity index is 1.34. The van der Waals surface area contributed by atoms with Crippen molar-refractivity contribution in [3.63, 3.8) is 0 Å². The molecule has 0 N–H and O–H groups in total. The first-order valence-corrected chi connectivity index (χ1v) is 16.3. The lowest BCUT2D eigenvalue weighted by atomic mass is 9.60. The summed E-state index contributed by atoms with van der Waals surface area (Å²) < 4.78 is 86.0. The van der Waals surface area contributed by atoms with E-state index in [9.17, 15) is 30.8 Å². The van der Waals surface area contributed by atoms with Gasteiger partial charge in [-0.05, 0) is 86.6 Å². The molecule has 2 atom stereocenters. The molecule has 0 radical (unpaired) electrons. The average molecular weight is 656 g/mol.